The maximum Gasteiger partial charge on any atom is 0.255 e. The third kappa shape index (κ3) is 4.38. The Kier molecular flexibility index (Phi) is 5.59. The molecule has 0 saturated heterocycles. The van der Waals surface area contributed by atoms with Crippen LogP contribution in [0, 0.1) is 5.82 Å². The molecule has 0 radical (unpaired) electrons. The fourth-order valence-corrected chi connectivity index (χ4v) is 4.43. The number of thioether (sulfide) groups is 1. The lowest BCUT2D eigenvalue weighted by atomic mass is 9.89. The Morgan fingerprint density at radius 3 is 2.80 bits per heavy atom. The van der Waals surface area contributed by atoms with E-state index in [1.165, 1.54) is 17.8 Å². The maximum atomic E-state index is 14.6. The molecule has 154 valence electrons. The van der Waals surface area contributed by atoms with Crippen LogP contribution >= 0.6 is 11.8 Å². The van der Waals surface area contributed by atoms with E-state index >= 15 is 0 Å². The fourth-order valence-electron chi connectivity index (χ4n) is 3.45. The number of carbonyl (C=O) groups excluding carboxylic acids is 1. The third-order valence-corrected chi connectivity index (χ3v) is 5.94. The van der Waals surface area contributed by atoms with Crippen molar-refractivity contribution < 1.29 is 9.18 Å². The maximum absolute atomic E-state index is 14.6. The van der Waals surface area contributed by atoms with Crippen molar-refractivity contribution in [3.63, 3.8) is 0 Å². The predicted molar refractivity (Wildman–Crippen MR) is 118 cm³/mol. The monoisotopic (exact) mass is 423 g/mol. The summed E-state index contributed by atoms with van der Waals surface area (Å²) in [5.74, 6) is 0.157. The summed E-state index contributed by atoms with van der Waals surface area (Å²) >= 11 is 1.47. The Labute approximate surface area is 178 Å². The molecule has 30 heavy (non-hydrogen) atoms. The number of nitrogens with zero attached hydrogens (tertiary/aromatic N) is 3. The molecule has 2 heterocycles. The second-order valence-corrected chi connectivity index (χ2v) is 8.52. The molecule has 1 unspecified atom stereocenters. The SMILES string of the molecule is CC1(c2cc(NC(=O)c3ccc(Cn4ccnc4)cc3)ccc2F)CCSC(N)=N1. The first kappa shape index (κ1) is 20.2. The number of imidazole rings is 1. The number of benzene rings is 2. The van der Waals surface area contributed by atoms with E-state index in [-0.39, 0.29) is 11.7 Å². The zero-order valence-electron chi connectivity index (χ0n) is 16.5. The van der Waals surface area contributed by atoms with Gasteiger partial charge >= 0.3 is 0 Å². The zero-order chi connectivity index (χ0) is 21.1. The van der Waals surface area contributed by atoms with Gasteiger partial charge in [0, 0.05) is 41.5 Å². The number of amides is 1. The molecule has 6 nitrogen and oxygen atoms in total. The van der Waals surface area contributed by atoms with Gasteiger partial charge in [-0.25, -0.2) is 9.37 Å². The van der Waals surface area contributed by atoms with Crippen molar-refractivity contribution in [1.29, 1.82) is 0 Å². The van der Waals surface area contributed by atoms with E-state index in [1.54, 1.807) is 36.8 Å². The highest BCUT2D eigenvalue weighted by atomic mass is 32.2. The number of carbonyl (C=O) groups is 1. The molecular formula is C22H22FN5OS. The Hall–Kier alpha value is -3.13. The summed E-state index contributed by atoms with van der Waals surface area (Å²) in [6.45, 7) is 2.55. The van der Waals surface area contributed by atoms with E-state index in [0.717, 1.165) is 11.3 Å². The Balaban J connectivity index is 1.50. The Morgan fingerprint density at radius 2 is 2.10 bits per heavy atom. The van der Waals surface area contributed by atoms with Gasteiger partial charge in [0.2, 0.25) is 0 Å². The molecule has 2 aromatic carbocycles. The molecule has 4 rings (SSSR count). The topological polar surface area (TPSA) is 85.3 Å². The summed E-state index contributed by atoms with van der Waals surface area (Å²) in [4.78, 5) is 21.2. The average Bonchev–Trinajstić information content (AvgIpc) is 3.23. The fraction of sp³-hybridized carbons (Fsp3) is 0.227. The van der Waals surface area contributed by atoms with Crippen LogP contribution in [0.25, 0.3) is 0 Å². The number of halogens is 1. The predicted octanol–water partition coefficient (Wildman–Crippen LogP) is 3.99. The van der Waals surface area contributed by atoms with Gasteiger partial charge in [0.15, 0.2) is 5.17 Å². The molecule has 1 aliphatic heterocycles. The Morgan fingerprint density at radius 1 is 1.30 bits per heavy atom. The summed E-state index contributed by atoms with van der Waals surface area (Å²) in [7, 11) is 0. The molecule has 0 saturated carbocycles. The number of nitrogens with two attached hydrogens (primary N) is 1. The van der Waals surface area contributed by atoms with Gasteiger partial charge in [-0.15, -0.1) is 0 Å². The quantitative estimate of drug-likeness (QED) is 0.650. The van der Waals surface area contributed by atoms with Crippen molar-refractivity contribution in [2.45, 2.75) is 25.4 Å². The highest BCUT2D eigenvalue weighted by Crippen LogP contribution is 2.37. The largest absolute Gasteiger partial charge is 0.379 e. The first-order chi connectivity index (χ1) is 14.4. The molecule has 1 atom stereocenters. The van der Waals surface area contributed by atoms with Gasteiger partial charge in [0.25, 0.3) is 5.91 Å². The normalized spacial score (nSPS) is 18.7. The molecule has 1 aliphatic rings. The van der Waals surface area contributed by atoms with Crippen molar-refractivity contribution in [1.82, 2.24) is 9.55 Å². The number of anilines is 1. The third-order valence-electron chi connectivity index (χ3n) is 5.14. The zero-order valence-corrected chi connectivity index (χ0v) is 17.3. The number of nitrogens with one attached hydrogen (secondary N) is 1. The lowest BCUT2D eigenvalue weighted by molar-refractivity contribution is 0.102. The second-order valence-electron chi connectivity index (χ2n) is 7.40. The van der Waals surface area contributed by atoms with Gasteiger partial charge in [0.1, 0.15) is 5.82 Å². The molecule has 0 fully saturated rings. The van der Waals surface area contributed by atoms with E-state index in [4.69, 9.17) is 5.73 Å². The molecule has 1 aromatic heterocycles. The van der Waals surface area contributed by atoms with Gasteiger partial charge in [-0.05, 0) is 49.2 Å². The molecule has 8 heteroatoms. The minimum absolute atomic E-state index is 0.255. The highest BCUT2D eigenvalue weighted by molar-refractivity contribution is 8.13. The van der Waals surface area contributed by atoms with Crippen molar-refractivity contribution in [2.24, 2.45) is 10.7 Å². The van der Waals surface area contributed by atoms with E-state index in [2.05, 4.69) is 15.3 Å². The molecule has 3 N–H and O–H groups in total. The van der Waals surface area contributed by atoms with Crippen LogP contribution in [0.4, 0.5) is 10.1 Å². The van der Waals surface area contributed by atoms with Crippen LogP contribution in [0.15, 0.2) is 66.2 Å². The molecule has 1 amide bonds. The van der Waals surface area contributed by atoms with Gasteiger partial charge in [-0.2, -0.15) is 0 Å². The number of amidine groups is 1. The van der Waals surface area contributed by atoms with Crippen LogP contribution in [0.3, 0.4) is 0 Å². The number of rotatable bonds is 5. The van der Waals surface area contributed by atoms with Crippen LogP contribution in [0.2, 0.25) is 0 Å². The van der Waals surface area contributed by atoms with Crippen LogP contribution in [-0.4, -0.2) is 26.4 Å². The van der Waals surface area contributed by atoms with E-state index in [9.17, 15) is 9.18 Å². The van der Waals surface area contributed by atoms with Gasteiger partial charge in [0.05, 0.1) is 11.9 Å². The van der Waals surface area contributed by atoms with Gasteiger partial charge in [-0.1, -0.05) is 23.9 Å². The summed E-state index contributed by atoms with van der Waals surface area (Å²) in [5.41, 5.74) is 7.66. The lowest BCUT2D eigenvalue weighted by Crippen LogP contribution is -2.29. The van der Waals surface area contributed by atoms with Crippen molar-refractivity contribution in [2.75, 3.05) is 11.1 Å². The summed E-state index contributed by atoms with van der Waals surface area (Å²) in [5, 5.41) is 3.30. The molecular weight excluding hydrogens is 401 g/mol. The summed E-state index contributed by atoms with van der Waals surface area (Å²) in [6, 6.07) is 11.9. The Bertz CT molecular complexity index is 1080. The minimum Gasteiger partial charge on any atom is -0.379 e. The van der Waals surface area contributed by atoms with E-state index in [1.807, 2.05) is 29.8 Å². The number of aliphatic imine (C=N–C) groups is 1. The second kappa shape index (κ2) is 8.31. The van der Waals surface area contributed by atoms with Crippen LogP contribution in [0.1, 0.15) is 34.8 Å². The van der Waals surface area contributed by atoms with Crippen LogP contribution in [-0.2, 0) is 12.1 Å². The average molecular weight is 424 g/mol. The minimum atomic E-state index is -0.741. The van der Waals surface area contributed by atoms with Crippen LogP contribution < -0.4 is 11.1 Å². The van der Waals surface area contributed by atoms with Crippen LogP contribution in [0.5, 0.6) is 0 Å². The first-order valence-electron chi connectivity index (χ1n) is 9.57. The molecule has 0 spiro atoms. The summed E-state index contributed by atoms with van der Waals surface area (Å²) < 4.78 is 16.5. The molecule has 0 aliphatic carbocycles. The summed E-state index contributed by atoms with van der Waals surface area (Å²) in [6.07, 6.45) is 6.03. The van der Waals surface area contributed by atoms with E-state index < -0.39 is 5.54 Å². The smallest absolute Gasteiger partial charge is 0.255 e. The molecule has 3 aromatic rings. The number of hydrogen-bond acceptors (Lipinski definition) is 5. The van der Waals surface area contributed by atoms with Gasteiger partial charge < -0.3 is 15.6 Å². The van der Waals surface area contributed by atoms with E-state index in [0.29, 0.717) is 34.9 Å². The standard InChI is InChI=1S/C22H22FN5OS/c1-22(8-11-30-21(24)27-22)18-12-17(6-7-19(18)23)26-20(29)16-4-2-15(3-5-16)13-28-10-9-25-14-28/h2-7,9-10,12,14H,8,11,13H2,1H3,(H2,24,27)(H,26,29). The first-order valence-corrected chi connectivity index (χ1v) is 10.6. The van der Waals surface area contributed by atoms with Crippen molar-refractivity contribution in [3.05, 3.63) is 83.7 Å². The molecule has 0 bridgehead atoms. The van der Waals surface area contributed by atoms with Crippen molar-refractivity contribution in [3.8, 4) is 0 Å². The number of hydrogen-bond donors (Lipinski definition) is 2. The van der Waals surface area contributed by atoms with Crippen molar-refractivity contribution >= 4 is 28.5 Å². The van der Waals surface area contributed by atoms with Gasteiger partial charge in [-0.3, -0.25) is 9.79 Å². The highest BCUT2D eigenvalue weighted by Gasteiger charge is 2.32. The lowest BCUT2D eigenvalue weighted by Gasteiger charge is -2.30. The number of aromatic nitrogens is 2.